The number of nitrogens with zero attached hydrogens (tertiary/aromatic N) is 6. The molecule has 0 spiro atoms. The van der Waals surface area contributed by atoms with E-state index >= 15 is 0 Å². The molecule has 0 fully saturated rings. The van der Waals surface area contributed by atoms with E-state index in [1.54, 1.807) is 0 Å². The number of halogens is 6. The Kier molecular flexibility index (Phi) is 57.5. The van der Waals surface area contributed by atoms with Gasteiger partial charge in [0.05, 0.1) is 73.0 Å². The number of rotatable bonds is 6. The first-order chi connectivity index (χ1) is 28.2. The van der Waals surface area contributed by atoms with Crippen LogP contribution in [0.1, 0.15) is 62.1 Å². The molecule has 0 saturated heterocycles. The second kappa shape index (κ2) is 46.4. The van der Waals surface area contributed by atoms with Crippen LogP contribution in [0.15, 0.2) is 111 Å². The van der Waals surface area contributed by atoms with Gasteiger partial charge in [-0.3, -0.25) is 29.9 Å². The summed E-state index contributed by atoms with van der Waals surface area (Å²) in [6.45, 7) is 0. The topological polar surface area (TPSA) is 579 Å². The molecule has 0 amide bonds. The number of hydrogen-bond acceptors (Lipinski definition) is 18. The monoisotopic (exact) mass is 1310 g/mol. The Morgan fingerprint density at radius 2 is 0.371 bits per heavy atom. The Morgan fingerprint density at radius 1 is 0.271 bits per heavy atom. The smallest absolute Gasteiger partial charge is 0.545 e. The summed E-state index contributed by atoms with van der Waals surface area (Å²) in [5, 5.41) is 60.2. The Hall–Kier alpha value is -6.37. The van der Waals surface area contributed by atoms with Crippen molar-refractivity contribution in [3.63, 3.8) is 0 Å². The van der Waals surface area contributed by atoms with Gasteiger partial charge in [0.15, 0.2) is 0 Å². The van der Waals surface area contributed by atoms with Gasteiger partial charge in [0.2, 0.25) is 0 Å². The number of carbonyl (C=O) groups excluding carboxylic acids is 6. The number of carbonyl (C=O) groups is 6. The number of pyridine rings is 6. The molecule has 26 nitrogen and oxygen atoms in total. The summed E-state index contributed by atoms with van der Waals surface area (Å²) in [5.74, 6) is -12.6. The first-order valence-electron chi connectivity index (χ1n) is 15.1. The molecular formula is C36H40F6Gd2N6O20+6. The minimum atomic E-state index is -1.42. The van der Waals surface area contributed by atoms with Gasteiger partial charge in [-0.15, -0.1) is 0 Å². The van der Waals surface area contributed by atoms with Gasteiger partial charge >= 0.3 is 79.9 Å². The molecule has 22 N–H and O–H groups in total. The zero-order valence-corrected chi connectivity index (χ0v) is 39.0. The summed E-state index contributed by atoms with van der Waals surface area (Å²) >= 11 is 0. The van der Waals surface area contributed by atoms with Gasteiger partial charge in [0, 0.05) is 70.6 Å². The van der Waals surface area contributed by atoms with Crippen LogP contribution < -0.4 is 30.6 Å². The molecule has 386 valence electrons. The molecule has 70 heavy (non-hydrogen) atoms. The third-order valence-corrected chi connectivity index (χ3v) is 5.64. The van der Waals surface area contributed by atoms with Crippen LogP contribution in [-0.2, 0) is 32.9 Å². The van der Waals surface area contributed by atoms with Crippen LogP contribution in [0.25, 0.3) is 0 Å². The Bertz CT molecular complexity index is 2030. The Labute approximate surface area is 450 Å². The van der Waals surface area contributed by atoms with Gasteiger partial charge in [-0.05, 0) is 36.4 Å². The zero-order chi connectivity index (χ0) is 45.4. The Morgan fingerprint density at radius 3 is 0.429 bits per heavy atom. The van der Waals surface area contributed by atoms with Crippen molar-refractivity contribution in [2.45, 2.75) is 0 Å². The Balaban J connectivity index is -0.0000000750. The maximum absolute atomic E-state index is 12.2. The standard InChI is InChI=1S/6C6H4FNO2.2Gd.8H2O/c6*7-5-1-4(6(9)10)2-8-3-5;;;;;;;;;;/h6*1-3H,(H,9,10);;;8*1H2/q;;;;;;2*+3;;;;;;;;. The van der Waals surface area contributed by atoms with Crippen LogP contribution in [0.3, 0.4) is 0 Å². The van der Waals surface area contributed by atoms with Gasteiger partial charge in [0.1, 0.15) is 34.9 Å². The molecule has 0 aliphatic rings. The molecule has 6 heterocycles. The average molecular weight is 1310 g/mol. The summed E-state index contributed by atoms with van der Waals surface area (Å²) in [6, 6.07) is 5.10. The molecule has 0 saturated carbocycles. The second-order valence-corrected chi connectivity index (χ2v) is 10.1. The van der Waals surface area contributed by atoms with Crippen molar-refractivity contribution in [3.8, 4) is 0 Å². The summed E-state index contributed by atoms with van der Waals surface area (Å²) in [7, 11) is 0. The molecular weight excluding hydrogens is 1260 g/mol. The van der Waals surface area contributed by atoms with E-state index in [0.29, 0.717) is 0 Å². The van der Waals surface area contributed by atoms with E-state index in [1.807, 2.05) is 0 Å². The third kappa shape index (κ3) is 37.6. The van der Waals surface area contributed by atoms with E-state index < -0.39 is 70.7 Å². The van der Waals surface area contributed by atoms with Crippen LogP contribution in [0.5, 0.6) is 0 Å². The van der Waals surface area contributed by atoms with E-state index in [-0.39, 0.29) is 157 Å². The van der Waals surface area contributed by atoms with E-state index in [9.17, 15) is 85.7 Å². The molecule has 0 unspecified atom stereocenters. The fourth-order valence-corrected chi connectivity index (χ4v) is 3.14. The van der Waals surface area contributed by atoms with Crippen molar-refractivity contribution in [2.24, 2.45) is 0 Å². The zero-order valence-electron chi connectivity index (χ0n) is 34.4. The molecule has 6 rings (SSSR count). The predicted octanol–water partition coefficient (Wildman–Crippen LogP) is -9.68. The molecule has 0 bridgehead atoms. The van der Waals surface area contributed by atoms with E-state index in [1.165, 1.54) is 0 Å². The molecule has 2 radical (unpaired) electrons. The van der Waals surface area contributed by atoms with E-state index in [2.05, 4.69) is 29.9 Å². The van der Waals surface area contributed by atoms with Crippen molar-refractivity contribution < 1.29 is 209 Å². The van der Waals surface area contributed by atoms with Crippen LogP contribution in [0.4, 0.5) is 26.3 Å². The van der Waals surface area contributed by atoms with Gasteiger partial charge in [-0.1, -0.05) is 0 Å². The molecule has 6 aromatic heterocycles. The largest absolute Gasteiger partial charge is 3.00 e. The molecule has 34 heteroatoms. The number of carboxylic acid groups (broad SMARTS) is 6. The van der Waals surface area contributed by atoms with Crippen LogP contribution in [0, 0.1) is 115 Å². The minimum absolute atomic E-state index is 0. The average Bonchev–Trinajstić information content (AvgIpc) is 3.19. The number of carboxylic acids is 6. The summed E-state index contributed by atoms with van der Waals surface area (Å²) in [5.41, 5.74) is -1.50. The fourth-order valence-electron chi connectivity index (χ4n) is 3.14. The molecule has 0 atom stereocenters. The fraction of sp³-hybridized carbons (Fsp3) is 0. The normalized spacial score (nSPS) is 7.97. The van der Waals surface area contributed by atoms with E-state index in [4.69, 9.17) is 0 Å². The molecule has 0 aromatic carbocycles. The first-order valence-corrected chi connectivity index (χ1v) is 15.1. The summed E-state index contributed by atoms with van der Waals surface area (Å²) in [6.07, 6.45) is 11.7. The van der Waals surface area contributed by atoms with Crippen molar-refractivity contribution >= 4 is 35.8 Å². The van der Waals surface area contributed by atoms with Crippen molar-refractivity contribution in [2.75, 3.05) is 0 Å². The summed E-state index contributed by atoms with van der Waals surface area (Å²) < 4.78 is 73.0. The molecule has 6 aromatic rings. The van der Waals surface area contributed by atoms with Crippen LogP contribution >= 0.6 is 0 Å². The maximum atomic E-state index is 12.2. The van der Waals surface area contributed by atoms with Gasteiger partial charge in [-0.25, -0.2) is 26.3 Å². The SMILES string of the molecule is O.O.O=C([O-])c1cncc(F)c1.O=C([O-])c1cncc(F)c1.O=C([O-])c1cncc(F)c1.O=C([O-])c1cncc(F)c1.O=C([O-])c1cncc(F)c1.O=C([O-])c1cncc(F)c1.[Gd+3].[Gd+3].[OH3+].[OH3+].[OH3+].[OH3+].[OH3+].[OH3+]. The van der Waals surface area contributed by atoms with E-state index in [0.717, 1.165) is 111 Å². The van der Waals surface area contributed by atoms with Gasteiger partial charge < -0.3 is 103 Å². The van der Waals surface area contributed by atoms with Crippen LogP contribution in [0.2, 0.25) is 0 Å². The van der Waals surface area contributed by atoms with Gasteiger partial charge in [0.25, 0.3) is 0 Å². The van der Waals surface area contributed by atoms with Crippen LogP contribution in [-0.4, -0.2) is 76.7 Å². The van der Waals surface area contributed by atoms with Gasteiger partial charge in [-0.2, -0.15) is 0 Å². The first kappa shape index (κ1) is 86.8. The maximum Gasteiger partial charge on any atom is 3.00 e. The minimum Gasteiger partial charge on any atom is -0.545 e. The van der Waals surface area contributed by atoms with Crippen molar-refractivity contribution in [1.29, 1.82) is 0 Å². The van der Waals surface area contributed by atoms with Crippen molar-refractivity contribution in [1.82, 2.24) is 29.9 Å². The number of aromatic carboxylic acids is 6. The molecule has 0 aliphatic carbocycles. The number of hydrogen-bond donors (Lipinski definition) is 0. The predicted molar refractivity (Wildman–Crippen MR) is 208 cm³/mol. The van der Waals surface area contributed by atoms with Crippen molar-refractivity contribution in [3.05, 3.63) is 179 Å². The molecule has 0 aliphatic heterocycles. The quantitative estimate of drug-likeness (QED) is 0.110. The third-order valence-electron chi connectivity index (χ3n) is 5.64. The number of aromatic nitrogens is 6. The second-order valence-electron chi connectivity index (χ2n) is 10.1. The summed E-state index contributed by atoms with van der Waals surface area (Å²) in [4.78, 5) is 80.1.